The summed E-state index contributed by atoms with van der Waals surface area (Å²) in [6.45, 7) is 0. The Bertz CT molecular complexity index is 1220. The molecule has 8 heteroatoms. The van der Waals surface area contributed by atoms with E-state index in [0.29, 0.717) is 33.9 Å². The summed E-state index contributed by atoms with van der Waals surface area (Å²) >= 11 is 0. The van der Waals surface area contributed by atoms with E-state index in [1.807, 2.05) is 12.1 Å². The molecule has 2 aromatic heterocycles. The Labute approximate surface area is 160 Å². The zero-order chi connectivity index (χ0) is 19.5. The maximum absolute atomic E-state index is 12.3. The van der Waals surface area contributed by atoms with Gasteiger partial charge in [0.1, 0.15) is 35.0 Å². The fourth-order valence-corrected chi connectivity index (χ4v) is 3.35. The van der Waals surface area contributed by atoms with E-state index in [2.05, 4.69) is 9.97 Å². The molecule has 0 radical (unpaired) electrons. The number of benzene rings is 2. The molecule has 134 valence electrons. The summed E-state index contributed by atoms with van der Waals surface area (Å²) in [5, 5.41) is 19.3. The molecule has 0 spiro atoms. The Morgan fingerprint density at radius 1 is 0.714 bits per heavy atom. The zero-order valence-corrected chi connectivity index (χ0v) is 15.3. The van der Waals surface area contributed by atoms with Crippen molar-refractivity contribution in [1.82, 2.24) is 9.97 Å². The van der Waals surface area contributed by atoms with Crippen LogP contribution in [0.15, 0.2) is 60.7 Å². The lowest BCUT2D eigenvalue weighted by Crippen LogP contribution is -1.91. The summed E-state index contributed by atoms with van der Waals surface area (Å²) in [5.41, 5.74) is 1.94. The van der Waals surface area contributed by atoms with Crippen LogP contribution in [0.3, 0.4) is 0 Å². The van der Waals surface area contributed by atoms with E-state index in [1.54, 1.807) is 60.7 Å². The van der Waals surface area contributed by atoms with Crippen LogP contribution in [0.2, 0.25) is 0 Å². The van der Waals surface area contributed by atoms with Gasteiger partial charge in [0.25, 0.3) is 0 Å². The molecule has 4 aromatic rings. The molecule has 0 N–H and O–H groups in total. The Kier molecular flexibility index (Phi) is 4.60. The van der Waals surface area contributed by atoms with Gasteiger partial charge in [0, 0.05) is 10.8 Å². The quantitative estimate of drug-likeness (QED) is 0.479. The van der Waals surface area contributed by atoms with Crippen LogP contribution in [0, 0.1) is 22.7 Å². The molecule has 2 heterocycles. The van der Waals surface area contributed by atoms with Gasteiger partial charge < -0.3 is 9.05 Å². The first-order valence-corrected chi connectivity index (χ1v) is 9.38. The van der Waals surface area contributed by atoms with Gasteiger partial charge in [-0.05, 0) is 60.7 Å². The number of rotatable bonds is 4. The summed E-state index contributed by atoms with van der Waals surface area (Å²) < 4.78 is 23.1. The van der Waals surface area contributed by atoms with Crippen LogP contribution >= 0.6 is 8.25 Å². The number of hydrogen-bond acceptors (Lipinski definition) is 7. The maximum atomic E-state index is 12.3. The van der Waals surface area contributed by atoms with Gasteiger partial charge in [0.15, 0.2) is 0 Å². The van der Waals surface area contributed by atoms with E-state index in [-0.39, 0.29) is 0 Å². The van der Waals surface area contributed by atoms with Crippen molar-refractivity contribution in [1.29, 1.82) is 10.5 Å². The molecular formula is C20H11N4O3P. The van der Waals surface area contributed by atoms with Crippen LogP contribution in [0.5, 0.6) is 11.5 Å². The third-order valence-corrected chi connectivity index (χ3v) is 4.76. The third kappa shape index (κ3) is 3.61. The average Bonchev–Trinajstić information content (AvgIpc) is 2.72. The van der Waals surface area contributed by atoms with Crippen LogP contribution in [0.25, 0.3) is 21.8 Å². The molecule has 0 saturated carbocycles. The fourth-order valence-electron chi connectivity index (χ4n) is 2.67. The SMILES string of the molecule is N#Cc1ccc2cc(O[PH](=O)Oc3ccc4nc(C#N)ccc4c3)ccc2n1. The molecule has 0 saturated heterocycles. The number of nitriles is 2. The van der Waals surface area contributed by atoms with Gasteiger partial charge in [-0.25, -0.2) is 14.5 Å². The normalized spacial score (nSPS) is 10.5. The van der Waals surface area contributed by atoms with Crippen molar-refractivity contribution >= 4 is 30.1 Å². The lowest BCUT2D eigenvalue weighted by Gasteiger charge is -2.09. The number of pyridine rings is 2. The fraction of sp³-hybridized carbons (Fsp3) is 0. The summed E-state index contributed by atoms with van der Waals surface area (Å²) in [6, 6.07) is 20.7. The molecule has 2 aromatic carbocycles. The molecular weight excluding hydrogens is 375 g/mol. The number of aromatic nitrogens is 2. The zero-order valence-electron chi connectivity index (χ0n) is 14.3. The van der Waals surface area contributed by atoms with Crippen LogP contribution in [0.1, 0.15) is 11.4 Å². The van der Waals surface area contributed by atoms with Gasteiger partial charge in [-0.3, -0.25) is 0 Å². The van der Waals surface area contributed by atoms with Crippen molar-refractivity contribution in [3.05, 3.63) is 72.1 Å². The van der Waals surface area contributed by atoms with Crippen LogP contribution in [-0.2, 0) is 4.57 Å². The molecule has 28 heavy (non-hydrogen) atoms. The van der Waals surface area contributed by atoms with Gasteiger partial charge in [0.2, 0.25) is 0 Å². The van der Waals surface area contributed by atoms with Crippen LogP contribution < -0.4 is 9.05 Å². The highest BCUT2D eigenvalue weighted by Gasteiger charge is 2.08. The second kappa shape index (κ2) is 7.36. The standard InChI is InChI=1S/C20H11N4O3P/c21-11-15-3-1-13-9-17(5-7-19(13)23-15)26-28(25)27-18-6-8-20-14(10-18)2-4-16(12-22)24-20/h1-10,28H. The minimum atomic E-state index is -2.85. The molecule has 0 unspecified atom stereocenters. The topological polar surface area (TPSA) is 109 Å². The predicted molar refractivity (Wildman–Crippen MR) is 103 cm³/mol. The molecule has 4 rings (SSSR count). The highest BCUT2D eigenvalue weighted by atomic mass is 31.1. The van der Waals surface area contributed by atoms with Gasteiger partial charge in [0.05, 0.1) is 11.0 Å². The highest BCUT2D eigenvalue weighted by Crippen LogP contribution is 2.33. The van der Waals surface area contributed by atoms with Gasteiger partial charge in [-0.1, -0.05) is 0 Å². The molecule has 7 nitrogen and oxygen atoms in total. The summed E-state index contributed by atoms with van der Waals surface area (Å²) in [6.07, 6.45) is 0. The first kappa shape index (κ1) is 17.5. The first-order valence-electron chi connectivity index (χ1n) is 8.16. The number of fused-ring (bicyclic) bond motifs is 2. The van der Waals surface area contributed by atoms with Crippen molar-refractivity contribution in [2.45, 2.75) is 0 Å². The largest absolute Gasteiger partial charge is 0.418 e. The van der Waals surface area contributed by atoms with Gasteiger partial charge in [-0.2, -0.15) is 10.5 Å². The average molecular weight is 386 g/mol. The molecule has 0 atom stereocenters. The summed E-state index contributed by atoms with van der Waals surface area (Å²) in [4.78, 5) is 8.36. The Morgan fingerprint density at radius 3 is 1.61 bits per heavy atom. The maximum Gasteiger partial charge on any atom is 0.418 e. The van der Waals surface area contributed by atoms with Crippen LogP contribution in [-0.4, -0.2) is 9.97 Å². The monoisotopic (exact) mass is 386 g/mol. The summed E-state index contributed by atoms with van der Waals surface area (Å²) in [5.74, 6) is 0.757. The Hall–Kier alpha value is -3.93. The minimum absolute atomic E-state index is 0.325. The molecule has 0 aliphatic rings. The Morgan fingerprint density at radius 2 is 1.18 bits per heavy atom. The van der Waals surface area contributed by atoms with E-state index in [9.17, 15) is 4.57 Å². The Balaban J connectivity index is 1.51. The third-order valence-electron chi connectivity index (χ3n) is 3.95. The second-order valence-electron chi connectivity index (χ2n) is 5.78. The predicted octanol–water partition coefficient (Wildman–Crippen LogP) is 4.37. The minimum Gasteiger partial charge on any atom is -0.418 e. The van der Waals surface area contributed by atoms with Gasteiger partial charge in [-0.15, -0.1) is 0 Å². The lowest BCUT2D eigenvalue weighted by molar-refractivity contribution is 0.416. The van der Waals surface area contributed by atoms with E-state index in [4.69, 9.17) is 19.6 Å². The molecule has 0 aliphatic carbocycles. The van der Waals surface area contributed by atoms with Gasteiger partial charge >= 0.3 is 8.25 Å². The molecule has 0 amide bonds. The molecule has 0 aliphatic heterocycles. The van der Waals surface area contributed by atoms with Crippen molar-refractivity contribution in [3.63, 3.8) is 0 Å². The van der Waals surface area contributed by atoms with E-state index >= 15 is 0 Å². The smallest absolute Gasteiger partial charge is 0.418 e. The number of nitrogens with zero attached hydrogens (tertiary/aromatic N) is 4. The van der Waals surface area contributed by atoms with E-state index < -0.39 is 8.25 Å². The van der Waals surface area contributed by atoms with Crippen molar-refractivity contribution < 1.29 is 13.6 Å². The van der Waals surface area contributed by atoms with Crippen LogP contribution in [0.4, 0.5) is 0 Å². The second-order valence-corrected chi connectivity index (χ2v) is 6.69. The highest BCUT2D eigenvalue weighted by molar-refractivity contribution is 7.34. The summed E-state index contributed by atoms with van der Waals surface area (Å²) in [7, 11) is -2.85. The first-order chi connectivity index (χ1) is 13.6. The van der Waals surface area contributed by atoms with Crippen molar-refractivity contribution in [2.75, 3.05) is 0 Å². The van der Waals surface area contributed by atoms with E-state index in [1.165, 1.54) is 0 Å². The molecule has 0 fully saturated rings. The lowest BCUT2D eigenvalue weighted by atomic mass is 10.2. The number of hydrogen-bond donors (Lipinski definition) is 0. The van der Waals surface area contributed by atoms with Crippen molar-refractivity contribution in [3.8, 4) is 23.6 Å². The molecule has 0 bridgehead atoms. The van der Waals surface area contributed by atoms with E-state index in [0.717, 1.165) is 10.8 Å². The van der Waals surface area contributed by atoms with Crippen molar-refractivity contribution in [2.24, 2.45) is 0 Å².